The SMILES string of the molecule is Cc1cc(C(=O)N2CCn3nc(C(=O)NCc4ccccn4)cc3C2)n[nH]1. The fraction of sp³-hybridized carbons (Fsp3) is 0.278. The second kappa shape index (κ2) is 7.02. The van der Waals surface area contributed by atoms with Crippen molar-refractivity contribution in [2.75, 3.05) is 6.54 Å². The Balaban J connectivity index is 1.42. The first-order valence-electron chi connectivity index (χ1n) is 8.66. The summed E-state index contributed by atoms with van der Waals surface area (Å²) in [6, 6.07) is 8.99. The third kappa shape index (κ3) is 3.57. The molecule has 27 heavy (non-hydrogen) atoms. The average Bonchev–Trinajstić information content (AvgIpc) is 3.32. The first kappa shape index (κ1) is 17.0. The highest BCUT2D eigenvalue weighted by atomic mass is 16.2. The fourth-order valence-corrected chi connectivity index (χ4v) is 3.00. The van der Waals surface area contributed by atoms with Crippen LogP contribution in [0.5, 0.6) is 0 Å². The minimum absolute atomic E-state index is 0.132. The molecule has 9 heteroatoms. The molecular weight excluding hydrogens is 346 g/mol. The van der Waals surface area contributed by atoms with E-state index in [1.165, 1.54) is 0 Å². The maximum absolute atomic E-state index is 12.6. The topological polar surface area (TPSA) is 109 Å². The number of hydrogen-bond acceptors (Lipinski definition) is 5. The number of pyridine rings is 1. The van der Waals surface area contributed by atoms with E-state index in [1.54, 1.807) is 27.9 Å². The highest BCUT2D eigenvalue weighted by Gasteiger charge is 2.25. The molecule has 0 saturated carbocycles. The van der Waals surface area contributed by atoms with E-state index in [1.807, 2.05) is 25.1 Å². The molecule has 0 aromatic carbocycles. The van der Waals surface area contributed by atoms with Crippen molar-refractivity contribution >= 4 is 11.8 Å². The highest BCUT2D eigenvalue weighted by Crippen LogP contribution is 2.16. The van der Waals surface area contributed by atoms with E-state index in [0.29, 0.717) is 37.6 Å². The second-order valence-electron chi connectivity index (χ2n) is 6.41. The summed E-state index contributed by atoms with van der Waals surface area (Å²) in [5, 5.41) is 14.0. The van der Waals surface area contributed by atoms with E-state index in [4.69, 9.17) is 0 Å². The molecule has 1 aliphatic heterocycles. The van der Waals surface area contributed by atoms with Gasteiger partial charge in [0.2, 0.25) is 0 Å². The van der Waals surface area contributed by atoms with Crippen LogP contribution in [0.1, 0.15) is 38.1 Å². The molecule has 9 nitrogen and oxygen atoms in total. The molecule has 4 heterocycles. The smallest absolute Gasteiger partial charge is 0.274 e. The standard InChI is InChI=1S/C18H19N7O2/c1-12-8-16(22-21-12)18(27)24-6-7-25-14(11-24)9-15(23-25)17(26)20-10-13-4-2-3-5-19-13/h2-5,8-9H,6-7,10-11H2,1H3,(H,20,26)(H,21,22). The van der Waals surface area contributed by atoms with Crippen LogP contribution in [0.25, 0.3) is 0 Å². The molecule has 0 unspecified atom stereocenters. The first-order chi connectivity index (χ1) is 13.1. The number of aryl methyl sites for hydroxylation is 1. The van der Waals surface area contributed by atoms with Gasteiger partial charge in [0.05, 0.1) is 31.0 Å². The monoisotopic (exact) mass is 365 g/mol. The summed E-state index contributed by atoms with van der Waals surface area (Å²) in [4.78, 5) is 30.8. The number of carbonyl (C=O) groups excluding carboxylic acids is 2. The number of aromatic nitrogens is 5. The predicted octanol–water partition coefficient (Wildman–Crippen LogP) is 0.896. The van der Waals surface area contributed by atoms with Crippen molar-refractivity contribution in [2.45, 2.75) is 26.6 Å². The molecule has 0 radical (unpaired) electrons. The minimum atomic E-state index is -0.261. The molecule has 0 fully saturated rings. The summed E-state index contributed by atoms with van der Waals surface area (Å²) in [6.45, 7) is 3.65. The van der Waals surface area contributed by atoms with Gasteiger partial charge in [-0.3, -0.25) is 24.4 Å². The van der Waals surface area contributed by atoms with Crippen molar-refractivity contribution in [2.24, 2.45) is 0 Å². The molecule has 138 valence electrons. The van der Waals surface area contributed by atoms with Gasteiger partial charge in [0.25, 0.3) is 11.8 Å². The highest BCUT2D eigenvalue weighted by molar-refractivity contribution is 5.93. The second-order valence-corrected chi connectivity index (χ2v) is 6.41. The Bertz CT molecular complexity index is 977. The van der Waals surface area contributed by atoms with Gasteiger partial charge in [-0.2, -0.15) is 10.2 Å². The number of nitrogens with one attached hydrogen (secondary N) is 2. The molecule has 2 amide bonds. The normalized spacial score (nSPS) is 13.3. The van der Waals surface area contributed by atoms with Gasteiger partial charge in [-0.15, -0.1) is 0 Å². The lowest BCUT2D eigenvalue weighted by molar-refractivity contribution is 0.0699. The molecule has 0 bridgehead atoms. The van der Waals surface area contributed by atoms with Gasteiger partial charge in [-0.25, -0.2) is 0 Å². The number of carbonyl (C=O) groups is 2. The number of aromatic amines is 1. The van der Waals surface area contributed by atoms with Crippen LogP contribution in [-0.2, 0) is 19.6 Å². The number of fused-ring (bicyclic) bond motifs is 1. The lowest BCUT2D eigenvalue weighted by Crippen LogP contribution is -2.38. The predicted molar refractivity (Wildman–Crippen MR) is 95.7 cm³/mol. The Morgan fingerprint density at radius 3 is 2.85 bits per heavy atom. The van der Waals surface area contributed by atoms with Gasteiger partial charge in [0.15, 0.2) is 5.69 Å². The van der Waals surface area contributed by atoms with Crippen molar-refractivity contribution in [1.29, 1.82) is 0 Å². The van der Waals surface area contributed by atoms with E-state index >= 15 is 0 Å². The number of nitrogens with zero attached hydrogens (tertiary/aromatic N) is 5. The zero-order chi connectivity index (χ0) is 18.8. The molecule has 4 rings (SSSR count). The van der Waals surface area contributed by atoms with Gasteiger partial charge in [0, 0.05) is 18.4 Å². The maximum atomic E-state index is 12.6. The Kier molecular flexibility index (Phi) is 4.41. The maximum Gasteiger partial charge on any atom is 0.274 e. The van der Waals surface area contributed by atoms with Crippen molar-refractivity contribution < 1.29 is 9.59 Å². The molecule has 0 atom stereocenters. The molecule has 1 aliphatic rings. The van der Waals surface area contributed by atoms with Crippen LogP contribution < -0.4 is 5.32 Å². The molecule has 2 N–H and O–H groups in total. The van der Waals surface area contributed by atoms with Crippen LogP contribution in [-0.4, -0.2) is 48.2 Å². The van der Waals surface area contributed by atoms with Crippen molar-refractivity contribution in [3.8, 4) is 0 Å². The summed E-state index contributed by atoms with van der Waals surface area (Å²) in [7, 11) is 0. The lowest BCUT2D eigenvalue weighted by Gasteiger charge is -2.26. The van der Waals surface area contributed by atoms with E-state index in [-0.39, 0.29) is 11.8 Å². The number of amides is 2. The Labute approximate surface area is 155 Å². The molecule has 3 aromatic rings. The minimum Gasteiger partial charge on any atom is -0.345 e. The molecule has 0 spiro atoms. The van der Waals surface area contributed by atoms with Crippen molar-refractivity contribution in [3.63, 3.8) is 0 Å². The summed E-state index contributed by atoms with van der Waals surface area (Å²) < 4.78 is 1.77. The third-order valence-corrected chi connectivity index (χ3v) is 4.40. The largest absolute Gasteiger partial charge is 0.345 e. The molecular formula is C18H19N7O2. The van der Waals surface area contributed by atoms with Crippen LogP contribution >= 0.6 is 0 Å². The molecule has 0 aliphatic carbocycles. The van der Waals surface area contributed by atoms with Crippen molar-refractivity contribution in [3.05, 3.63) is 65.0 Å². The van der Waals surface area contributed by atoms with Crippen LogP contribution in [0.3, 0.4) is 0 Å². The average molecular weight is 365 g/mol. The zero-order valence-corrected chi connectivity index (χ0v) is 14.8. The summed E-state index contributed by atoms with van der Waals surface area (Å²) in [6.07, 6.45) is 1.68. The van der Waals surface area contributed by atoms with Gasteiger partial charge in [-0.05, 0) is 31.2 Å². The first-order valence-corrected chi connectivity index (χ1v) is 8.66. The quantitative estimate of drug-likeness (QED) is 0.714. The third-order valence-electron chi connectivity index (χ3n) is 4.40. The van der Waals surface area contributed by atoms with Crippen LogP contribution in [0.15, 0.2) is 36.5 Å². The van der Waals surface area contributed by atoms with E-state index < -0.39 is 0 Å². The Hall–Kier alpha value is -3.49. The summed E-state index contributed by atoms with van der Waals surface area (Å²) >= 11 is 0. The number of rotatable bonds is 4. The van der Waals surface area contributed by atoms with Gasteiger partial charge < -0.3 is 10.2 Å². The van der Waals surface area contributed by atoms with Crippen LogP contribution in [0, 0.1) is 6.92 Å². The zero-order valence-electron chi connectivity index (χ0n) is 14.8. The summed E-state index contributed by atoms with van der Waals surface area (Å²) in [5.74, 6) is -0.392. The number of H-pyrrole nitrogens is 1. The van der Waals surface area contributed by atoms with Crippen LogP contribution in [0.2, 0.25) is 0 Å². The van der Waals surface area contributed by atoms with Crippen molar-refractivity contribution in [1.82, 2.24) is 35.2 Å². The lowest BCUT2D eigenvalue weighted by atomic mass is 10.2. The Morgan fingerprint density at radius 2 is 2.11 bits per heavy atom. The number of hydrogen-bond donors (Lipinski definition) is 2. The van der Waals surface area contributed by atoms with Gasteiger partial charge in [-0.1, -0.05) is 6.07 Å². The van der Waals surface area contributed by atoms with E-state index in [2.05, 4.69) is 25.6 Å². The van der Waals surface area contributed by atoms with Crippen LogP contribution in [0.4, 0.5) is 0 Å². The molecule has 0 saturated heterocycles. The Morgan fingerprint density at radius 1 is 1.22 bits per heavy atom. The fourth-order valence-electron chi connectivity index (χ4n) is 3.00. The van der Waals surface area contributed by atoms with E-state index in [0.717, 1.165) is 17.1 Å². The van der Waals surface area contributed by atoms with Gasteiger partial charge in [0.1, 0.15) is 5.69 Å². The molecule has 3 aromatic heterocycles. The summed E-state index contributed by atoms with van der Waals surface area (Å²) in [5.41, 5.74) is 3.18. The van der Waals surface area contributed by atoms with E-state index in [9.17, 15) is 9.59 Å². The van der Waals surface area contributed by atoms with Gasteiger partial charge >= 0.3 is 0 Å².